The van der Waals surface area contributed by atoms with E-state index in [-0.39, 0.29) is 23.3 Å². The van der Waals surface area contributed by atoms with E-state index < -0.39 is 11.3 Å². The summed E-state index contributed by atoms with van der Waals surface area (Å²) in [7, 11) is 1.55. The summed E-state index contributed by atoms with van der Waals surface area (Å²) in [5, 5.41) is 33.1. The van der Waals surface area contributed by atoms with E-state index in [1.54, 1.807) is 19.2 Å². The van der Waals surface area contributed by atoms with E-state index in [0.717, 1.165) is 11.1 Å². The molecule has 0 saturated carbocycles. The van der Waals surface area contributed by atoms with E-state index >= 15 is 0 Å². The van der Waals surface area contributed by atoms with E-state index in [1.165, 1.54) is 0 Å². The van der Waals surface area contributed by atoms with Crippen molar-refractivity contribution in [1.29, 1.82) is 15.8 Å². The molecule has 29 heavy (non-hydrogen) atoms. The van der Waals surface area contributed by atoms with Gasteiger partial charge in [0.25, 0.3) is 0 Å². The van der Waals surface area contributed by atoms with Crippen LogP contribution in [0, 0.1) is 45.3 Å². The maximum absolute atomic E-state index is 10.1. The molecule has 2 atom stereocenters. The van der Waals surface area contributed by atoms with Crippen molar-refractivity contribution in [3.63, 3.8) is 0 Å². The number of nitrogens with two attached hydrogens (primary N) is 1. The van der Waals surface area contributed by atoms with E-state index in [0.29, 0.717) is 24.6 Å². The Morgan fingerprint density at radius 1 is 1.21 bits per heavy atom. The minimum absolute atomic E-state index is 0.0147. The summed E-state index contributed by atoms with van der Waals surface area (Å²) in [5.74, 6) is 0.298. The summed E-state index contributed by atoms with van der Waals surface area (Å²) >= 11 is 0. The number of rotatable bonds is 4. The fraction of sp³-hybridized carbons (Fsp3) is 0.409. The van der Waals surface area contributed by atoms with Gasteiger partial charge in [-0.2, -0.15) is 15.8 Å². The van der Waals surface area contributed by atoms with Crippen molar-refractivity contribution in [2.75, 3.05) is 20.2 Å². The molecular weight excluding hydrogens is 366 g/mol. The van der Waals surface area contributed by atoms with Crippen molar-refractivity contribution < 1.29 is 9.47 Å². The number of ether oxygens (including phenoxy) is 2. The predicted molar refractivity (Wildman–Crippen MR) is 106 cm³/mol. The van der Waals surface area contributed by atoms with E-state index in [1.807, 2.05) is 26.0 Å². The summed E-state index contributed by atoms with van der Waals surface area (Å²) in [6.45, 7) is 4.98. The largest absolute Gasteiger partial charge is 0.493 e. The molecule has 1 aliphatic carbocycles. The maximum atomic E-state index is 10.1. The van der Waals surface area contributed by atoms with Crippen LogP contribution in [0.15, 0.2) is 41.1 Å². The second-order valence-corrected chi connectivity index (χ2v) is 7.41. The zero-order chi connectivity index (χ0) is 21.2. The average molecular weight is 389 g/mol. The van der Waals surface area contributed by atoms with Gasteiger partial charge in [-0.25, -0.2) is 0 Å². The number of hydrogen-bond acceptors (Lipinski definition) is 7. The zero-order valence-corrected chi connectivity index (χ0v) is 16.7. The van der Waals surface area contributed by atoms with Crippen LogP contribution in [0.4, 0.5) is 0 Å². The van der Waals surface area contributed by atoms with Gasteiger partial charge in [-0.05, 0) is 37.1 Å². The number of allylic oxidation sites excluding steroid dienone is 2. The van der Waals surface area contributed by atoms with Crippen LogP contribution in [0.5, 0.6) is 11.5 Å². The Labute approximate surface area is 170 Å². The lowest BCUT2D eigenvalue weighted by molar-refractivity contribution is 0.229. The summed E-state index contributed by atoms with van der Waals surface area (Å²) in [6, 6.07) is 11.8. The Balaban J connectivity index is 2.24. The highest BCUT2D eigenvalue weighted by atomic mass is 16.5. The molecule has 3 rings (SSSR count). The summed E-state index contributed by atoms with van der Waals surface area (Å²) < 4.78 is 11.3. The smallest absolute Gasteiger partial charge is 0.191 e. The van der Waals surface area contributed by atoms with Crippen LogP contribution in [-0.4, -0.2) is 26.3 Å². The molecule has 2 aliphatic rings. The van der Waals surface area contributed by atoms with Crippen LogP contribution in [0.3, 0.4) is 0 Å². The van der Waals surface area contributed by atoms with Gasteiger partial charge in [-0.15, -0.1) is 0 Å². The standard InChI is InChI=1S/C22H23N5O2/c1-13(2)29-18-5-4-14(8-19(18)28-3)20-17-10-27-7-6-15(17)16(9-23)21(26)22(20,11-24)12-25/h4-6,8,13,17,20,27H,7,10,26H2,1-3H3/t17-,20+/m1/s1. The van der Waals surface area contributed by atoms with Gasteiger partial charge in [0.05, 0.1) is 36.6 Å². The van der Waals surface area contributed by atoms with Crippen molar-refractivity contribution in [1.82, 2.24) is 5.32 Å². The molecule has 0 aromatic heterocycles. The van der Waals surface area contributed by atoms with Crippen molar-refractivity contribution in [2.45, 2.75) is 25.9 Å². The molecule has 0 amide bonds. The molecule has 0 spiro atoms. The minimum atomic E-state index is -1.66. The molecule has 7 heteroatoms. The number of nitriles is 3. The highest BCUT2D eigenvalue weighted by molar-refractivity contribution is 5.60. The third-order valence-electron chi connectivity index (χ3n) is 5.46. The van der Waals surface area contributed by atoms with Crippen molar-refractivity contribution in [2.24, 2.45) is 17.1 Å². The molecule has 7 nitrogen and oxygen atoms in total. The monoisotopic (exact) mass is 389 g/mol. The second-order valence-electron chi connectivity index (χ2n) is 7.41. The molecule has 0 fully saturated rings. The second kappa shape index (κ2) is 7.87. The molecule has 1 heterocycles. The maximum Gasteiger partial charge on any atom is 0.191 e. The number of hydrogen-bond donors (Lipinski definition) is 2. The molecule has 0 radical (unpaired) electrons. The van der Waals surface area contributed by atoms with Crippen LogP contribution in [-0.2, 0) is 0 Å². The zero-order valence-electron chi connectivity index (χ0n) is 16.7. The molecule has 1 aromatic carbocycles. The molecule has 0 unspecified atom stereocenters. The Morgan fingerprint density at radius 3 is 2.52 bits per heavy atom. The molecule has 1 aliphatic heterocycles. The van der Waals surface area contributed by atoms with Gasteiger partial charge in [0.2, 0.25) is 0 Å². The average Bonchev–Trinajstić information content (AvgIpc) is 2.73. The van der Waals surface area contributed by atoms with Crippen molar-refractivity contribution in [3.05, 3.63) is 46.7 Å². The van der Waals surface area contributed by atoms with Gasteiger partial charge < -0.3 is 20.5 Å². The number of nitrogens with one attached hydrogen (secondary N) is 1. The quantitative estimate of drug-likeness (QED) is 0.809. The molecule has 148 valence electrons. The number of fused-ring (bicyclic) bond motifs is 1. The molecule has 0 saturated heterocycles. The SMILES string of the molecule is COc1cc([C@H]2[C@@H]3CNCC=C3C(C#N)=C(N)C2(C#N)C#N)ccc1OC(C)C. The molecule has 3 N–H and O–H groups in total. The number of nitrogens with zero attached hydrogens (tertiary/aromatic N) is 3. The van der Waals surface area contributed by atoms with E-state index in [2.05, 4.69) is 23.5 Å². The van der Waals surface area contributed by atoms with Gasteiger partial charge in [0.1, 0.15) is 6.07 Å². The van der Waals surface area contributed by atoms with Gasteiger partial charge in [0, 0.05) is 24.9 Å². The first-order valence-corrected chi connectivity index (χ1v) is 9.42. The summed E-state index contributed by atoms with van der Waals surface area (Å²) in [4.78, 5) is 0. The fourth-order valence-corrected chi connectivity index (χ4v) is 4.21. The number of benzene rings is 1. The van der Waals surface area contributed by atoms with Gasteiger partial charge >= 0.3 is 0 Å². The first-order valence-electron chi connectivity index (χ1n) is 9.42. The van der Waals surface area contributed by atoms with Crippen LogP contribution in [0.2, 0.25) is 0 Å². The Hall–Kier alpha value is -3.47. The van der Waals surface area contributed by atoms with Crippen molar-refractivity contribution in [3.8, 4) is 29.7 Å². The van der Waals surface area contributed by atoms with Gasteiger partial charge in [-0.3, -0.25) is 0 Å². The summed E-state index contributed by atoms with van der Waals surface area (Å²) in [6.07, 6.45) is 1.88. The van der Waals surface area contributed by atoms with E-state index in [9.17, 15) is 15.8 Å². The molecular formula is C22H23N5O2. The highest BCUT2D eigenvalue weighted by Crippen LogP contribution is 2.54. The summed E-state index contributed by atoms with van der Waals surface area (Å²) in [5.41, 5.74) is 6.41. The normalized spacial score (nSPS) is 22.6. The lowest BCUT2D eigenvalue weighted by atomic mass is 9.58. The first kappa shape index (κ1) is 20.3. The Morgan fingerprint density at radius 2 is 1.93 bits per heavy atom. The highest BCUT2D eigenvalue weighted by Gasteiger charge is 2.54. The lowest BCUT2D eigenvalue weighted by Crippen LogP contribution is -2.46. The van der Waals surface area contributed by atoms with Crippen LogP contribution in [0.25, 0.3) is 0 Å². The van der Waals surface area contributed by atoms with Crippen LogP contribution >= 0.6 is 0 Å². The van der Waals surface area contributed by atoms with Gasteiger partial charge in [-0.1, -0.05) is 12.1 Å². The topological polar surface area (TPSA) is 128 Å². The number of methoxy groups -OCH3 is 1. The Kier molecular flexibility index (Phi) is 5.50. The first-order chi connectivity index (χ1) is 13.9. The molecule has 0 bridgehead atoms. The fourth-order valence-electron chi connectivity index (χ4n) is 4.21. The van der Waals surface area contributed by atoms with E-state index in [4.69, 9.17) is 15.2 Å². The third kappa shape index (κ3) is 3.18. The van der Waals surface area contributed by atoms with Crippen molar-refractivity contribution >= 4 is 0 Å². The minimum Gasteiger partial charge on any atom is -0.493 e. The lowest BCUT2D eigenvalue weighted by Gasteiger charge is -2.43. The Bertz CT molecular complexity index is 989. The van der Waals surface area contributed by atoms with Crippen LogP contribution in [0.1, 0.15) is 25.3 Å². The molecule has 1 aromatic rings. The predicted octanol–water partition coefficient (Wildman–Crippen LogP) is 2.50. The van der Waals surface area contributed by atoms with Crippen LogP contribution < -0.4 is 20.5 Å². The third-order valence-corrected chi connectivity index (χ3v) is 5.46. The van der Waals surface area contributed by atoms with Gasteiger partial charge in [0.15, 0.2) is 16.9 Å².